The number of H-pyrrole nitrogens is 1. The molecule has 1 aliphatic heterocycles. The average Bonchev–Trinajstić information content (AvgIpc) is 1.71. The third kappa shape index (κ3) is 36.7. The van der Waals surface area contributed by atoms with Gasteiger partial charge in [-0.05, 0) is 180 Å². The molecular weight excluding hydrogens is 1730 g/mol. The van der Waals surface area contributed by atoms with E-state index in [1.54, 1.807) is 88.5 Å². The van der Waals surface area contributed by atoms with Gasteiger partial charge in [0.15, 0.2) is 5.96 Å². The number of nitrogens with one attached hydrogen (secondary N) is 15. The van der Waals surface area contributed by atoms with E-state index in [-0.39, 0.29) is 115 Å². The standard InChI is InChI=1S/C90H132N22O21/c1-50(2)42-66(81(124)101-63(25-16-40-98-90(96)97)77(120)100-61(22-10-13-37-91)78(121)110-71(89(132)133)45-54-29-33-57(115)34-30-54)105-85(128)70(47-74(117)118)108-83(126)67(43-52-18-6-5-7-19-52)106-84(127)69(46-55-48-99-60-21-9-8-20-58(55)60)107-79(122)64(35-36-73(95)116)102-82(125)68(44-53-27-31-56(114)32-28-53)109-87(130)75(51(3)4)111-80(123)62(23-11-14-38-92)103-86(129)72-26-17-41-112(72)88(131)65(24-12-15-39-93)104-76(119)59(94)49-113/h5-9,18-21,27-34,48,50-51,59,61-72,75,99,113-115H,10-17,22-26,35-47,49,91-94H2,1-4H3,(H2,95,116)(H,100,120)(H,101,124)(H,102,125)(H,103,129)(H,104,119)(H,105,128)(H,106,127)(H,107,122)(H,108,126)(H,109,130)(H,110,121)(H,111,123)(H,117,118)(H,132,133)(H4,96,97,98)/t59-,61-,62-,63-,64-,65-,66-,67-,68-,69-,70-,71-,72-,75-/m0/s1. The number of benzene rings is 4. The summed E-state index contributed by atoms with van der Waals surface area (Å²) in [5, 5.41) is 92.6. The van der Waals surface area contributed by atoms with Crippen LogP contribution in [-0.2, 0) is 102 Å². The summed E-state index contributed by atoms with van der Waals surface area (Å²) < 4.78 is 0. The Kier molecular flexibility index (Phi) is 45.4. The summed E-state index contributed by atoms with van der Waals surface area (Å²) in [4.78, 5) is 233. The van der Waals surface area contributed by atoms with Crippen molar-refractivity contribution in [3.05, 3.63) is 132 Å². The SMILES string of the molecule is CC(C)C[C@H](NC(=O)[C@H](CC(=O)O)NC(=O)[C@H](Cc1ccccc1)NC(=O)[C@H](Cc1c[nH]c2ccccc12)NC(=O)[C@H](CCC(N)=O)NC(=O)[C@H](Cc1ccc(O)cc1)NC(=O)[C@@H](NC(=O)[C@H](CCCCN)NC(=O)[C@@H]1CCCN1C(=O)[C@H](CCCCN)NC(=O)[C@@H](N)CO)C(C)C)C(=O)N[C@@H](CCCNC(=N)N)C(=O)N[C@@H](CCCCN)C(=O)N[C@@H](Cc1ccc(O)cc1)C(=O)O. The number of hydrogen-bond donors (Lipinski definition) is 26. The average molecular weight is 1860 g/mol. The predicted octanol–water partition coefficient (Wildman–Crippen LogP) is -2.84. The van der Waals surface area contributed by atoms with Gasteiger partial charge in [0, 0.05) is 62.3 Å². The summed E-state index contributed by atoms with van der Waals surface area (Å²) in [7, 11) is 0. The van der Waals surface area contributed by atoms with Crippen LogP contribution in [0.25, 0.3) is 10.9 Å². The number of unbranched alkanes of at least 4 members (excludes halogenated alkanes) is 3. The molecule has 0 saturated carbocycles. The molecule has 43 nitrogen and oxygen atoms in total. The first kappa shape index (κ1) is 108. The molecule has 728 valence electrons. The van der Waals surface area contributed by atoms with Crippen LogP contribution < -0.4 is 104 Å². The fourth-order valence-electron chi connectivity index (χ4n) is 15.0. The number of carboxylic acids is 2. The van der Waals surface area contributed by atoms with Gasteiger partial charge in [0.25, 0.3) is 0 Å². The topological polar surface area (TPSA) is 730 Å². The minimum atomic E-state index is -2.04. The van der Waals surface area contributed by atoms with Crippen LogP contribution in [0.3, 0.4) is 0 Å². The molecule has 4 aromatic carbocycles. The van der Waals surface area contributed by atoms with Gasteiger partial charge in [0.05, 0.1) is 13.0 Å². The second-order valence-electron chi connectivity index (χ2n) is 33.8. The lowest BCUT2D eigenvalue weighted by Gasteiger charge is -2.31. The van der Waals surface area contributed by atoms with Crippen LogP contribution in [0.4, 0.5) is 0 Å². The van der Waals surface area contributed by atoms with Crippen LogP contribution in [0.1, 0.15) is 159 Å². The number of likely N-dealkylation sites (tertiary alicyclic amines) is 1. The van der Waals surface area contributed by atoms with E-state index >= 15 is 19.2 Å². The smallest absolute Gasteiger partial charge is 0.326 e. The van der Waals surface area contributed by atoms with Gasteiger partial charge in [-0.3, -0.25) is 77.3 Å². The van der Waals surface area contributed by atoms with Crippen molar-refractivity contribution in [1.29, 1.82) is 5.41 Å². The molecule has 32 N–H and O–H groups in total. The van der Waals surface area contributed by atoms with E-state index in [0.717, 1.165) is 0 Å². The quantitative estimate of drug-likeness (QED) is 0.0106. The predicted molar refractivity (Wildman–Crippen MR) is 489 cm³/mol. The molecule has 6 rings (SSSR count). The number of amides is 14. The maximum Gasteiger partial charge on any atom is 0.326 e. The van der Waals surface area contributed by atoms with Crippen molar-refractivity contribution < 1.29 is 102 Å². The van der Waals surface area contributed by atoms with Crippen molar-refractivity contribution in [3.63, 3.8) is 0 Å². The molecule has 2 heterocycles. The van der Waals surface area contributed by atoms with Gasteiger partial charge in [-0.2, -0.15) is 0 Å². The molecule has 14 amide bonds. The first-order valence-electron chi connectivity index (χ1n) is 44.7. The zero-order valence-corrected chi connectivity index (χ0v) is 75.4. The Morgan fingerprint density at radius 3 is 1.37 bits per heavy atom. The number of hydrogen-bond acceptors (Lipinski definition) is 24. The van der Waals surface area contributed by atoms with E-state index in [4.69, 9.17) is 39.8 Å². The number of para-hydroxylation sites is 1. The van der Waals surface area contributed by atoms with E-state index in [9.17, 15) is 83.1 Å². The second-order valence-corrected chi connectivity index (χ2v) is 33.8. The molecule has 0 unspecified atom stereocenters. The van der Waals surface area contributed by atoms with Crippen molar-refractivity contribution in [3.8, 4) is 11.5 Å². The van der Waals surface area contributed by atoms with Gasteiger partial charge in [-0.1, -0.05) is 100 Å². The lowest BCUT2D eigenvalue weighted by atomic mass is 9.99. The van der Waals surface area contributed by atoms with Crippen LogP contribution in [0.2, 0.25) is 0 Å². The first-order valence-corrected chi connectivity index (χ1v) is 44.7. The van der Waals surface area contributed by atoms with Gasteiger partial charge in [-0.25, -0.2) is 4.79 Å². The molecule has 0 radical (unpaired) electrons. The van der Waals surface area contributed by atoms with E-state index in [0.29, 0.717) is 78.2 Å². The van der Waals surface area contributed by atoms with E-state index in [1.807, 2.05) is 0 Å². The van der Waals surface area contributed by atoms with E-state index in [1.165, 1.54) is 53.4 Å². The number of nitrogens with two attached hydrogens (primary N) is 6. The number of aromatic nitrogens is 1. The number of carboxylic acid groups (broad SMARTS) is 2. The Balaban J connectivity index is 1.29. The number of phenols is 2. The zero-order chi connectivity index (χ0) is 98.0. The number of aliphatic carboxylic acids is 2. The summed E-state index contributed by atoms with van der Waals surface area (Å²) in [6.07, 6.45) is 0.483. The number of nitrogens with zero attached hydrogens (tertiary/aromatic N) is 1. The lowest BCUT2D eigenvalue weighted by molar-refractivity contribution is -0.142. The van der Waals surface area contributed by atoms with E-state index < -0.39 is 223 Å². The number of aromatic amines is 1. The molecule has 0 bridgehead atoms. The summed E-state index contributed by atoms with van der Waals surface area (Å²) in [6, 6.07) is 4.53. The van der Waals surface area contributed by atoms with Crippen molar-refractivity contribution in [2.45, 2.75) is 247 Å². The highest BCUT2D eigenvalue weighted by Crippen LogP contribution is 2.24. The summed E-state index contributed by atoms with van der Waals surface area (Å²) in [5.41, 5.74) is 36.6. The third-order valence-corrected chi connectivity index (χ3v) is 22.3. The van der Waals surface area contributed by atoms with Gasteiger partial charge < -0.3 is 139 Å². The Labute approximate surface area is 770 Å². The fourth-order valence-corrected chi connectivity index (χ4v) is 15.0. The Bertz CT molecular complexity index is 4730. The third-order valence-electron chi connectivity index (χ3n) is 22.3. The van der Waals surface area contributed by atoms with Crippen LogP contribution in [0, 0.1) is 17.2 Å². The number of aromatic hydroxyl groups is 2. The molecule has 1 saturated heterocycles. The van der Waals surface area contributed by atoms with E-state index in [2.05, 4.69) is 74.1 Å². The number of primary amides is 1. The van der Waals surface area contributed by atoms with Gasteiger partial charge in [-0.15, -0.1) is 0 Å². The van der Waals surface area contributed by atoms with Crippen molar-refractivity contribution >= 4 is 112 Å². The van der Waals surface area contributed by atoms with Crippen LogP contribution in [-0.4, -0.2) is 260 Å². The highest BCUT2D eigenvalue weighted by atomic mass is 16.4. The number of aliphatic hydroxyl groups excluding tert-OH is 1. The first-order chi connectivity index (χ1) is 63.3. The molecule has 43 heteroatoms. The number of phenolic OH excluding ortho intramolecular Hbond substituents is 2. The van der Waals surface area contributed by atoms with Crippen LogP contribution in [0.5, 0.6) is 11.5 Å². The second kappa shape index (κ2) is 55.7. The monoisotopic (exact) mass is 1860 g/mol. The van der Waals surface area contributed by atoms with Crippen molar-refractivity contribution in [1.82, 2.24) is 79.0 Å². The minimum Gasteiger partial charge on any atom is -0.508 e. The van der Waals surface area contributed by atoms with Crippen molar-refractivity contribution in [2.24, 2.45) is 46.2 Å². The number of carbonyl (C=O) groups is 16. The summed E-state index contributed by atoms with van der Waals surface area (Å²) in [6.45, 7) is 6.61. The molecule has 14 atom stereocenters. The van der Waals surface area contributed by atoms with Gasteiger partial charge in [0.2, 0.25) is 82.7 Å². The number of carbonyl (C=O) groups excluding carboxylic acids is 14. The largest absolute Gasteiger partial charge is 0.508 e. The molecule has 1 aromatic heterocycles. The minimum absolute atomic E-state index is 0.000129. The Morgan fingerprint density at radius 1 is 0.459 bits per heavy atom. The van der Waals surface area contributed by atoms with Crippen LogP contribution in [0.15, 0.2) is 109 Å². The lowest BCUT2D eigenvalue weighted by Crippen LogP contribution is -2.62. The highest BCUT2D eigenvalue weighted by molar-refractivity contribution is 6.01. The number of rotatable bonds is 59. The molecule has 5 aromatic rings. The summed E-state index contributed by atoms with van der Waals surface area (Å²) >= 11 is 0. The summed E-state index contributed by atoms with van der Waals surface area (Å²) in [5.74, 6) is -18.3. The zero-order valence-electron chi connectivity index (χ0n) is 75.4. The number of fused-ring (bicyclic) bond motifs is 1. The van der Waals surface area contributed by atoms with Gasteiger partial charge >= 0.3 is 11.9 Å². The molecular formula is C90H132N22O21. The molecule has 1 aliphatic rings. The molecule has 0 spiro atoms. The van der Waals surface area contributed by atoms with Crippen LogP contribution >= 0.6 is 0 Å². The van der Waals surface area contributed by atoms with Gasteiger partial charge in [0.1, 0.15) is 96.1 Å². The Hall–Kier alpha value is -13.4. The molecule has 1 fully saturated rings. The number of guanidine groups is 1. The Morgan fingerprint density at radius 2 is 0.872 bits per heavy atom. The fraction of sp³-hybridized carbons (Fsp3) is 0.522. The maximum atomic E-state index is 15.5. The molecule has 133 heavy (non-hydrogen) atoms. The van der Waals surface area contributed by atoms with Crippen molar-refractivity contribution in [2.75, 3.05) is 39.3 Å². The maximum absolute atomic E-state index is 15.5. The number of aliphatic hydroxyl groups is 1. The highest BCUT2D eigenvalue weighted by Gasteiger charge is 2.42. The molecule has 0 aliphatic carbocycles. The normalized spacial score (nSPS) is 15.3.